The van der Waals surface area contributed by atoms with Crippen LogP contribution >= 0.6 is 11.3 Å². The Morgan fingerprint density at radius 1 is 1.50 bits per heavy atom. The first-order chi connectivity index (χ1) is 6.81. The number of rotatable bonds is 3. The summed E-state index contributed by atoms with van der Waals surface area (Å²) in [5.41, 5.74) is 2.86. The van der Waals surface area contributed by atoms with Gasteiger partial charge in [-0.15, -0.1) is 0 Å². The van der Waals surface area contributed by atoms with Crippen molar-refractivity contribution in [3.8, 4) is 0 Å². The lowest BCUT2D eigenvalue weighted by Crippen LogP contribution is -2.37. The second-order valence-electron chi connectivity index (χ2n) is 3.57. The highest BCUT2D eigenvalue weighted by Gasteiger charge is 2.13. The largest absolute Gasteiger partial charge is 0.360 e. The van der Waals surface area contributed by atoms with Crippen LogP contribution in [0.2, 0.25) is 0 Å². The molecule has 0 aliphatic rings. The molecule has 1 unspecified atom stereocenters. The summed E-state index contributed by atoms with van der Waals surface area (Å²) < 4.78 is 2.19. The molecular formula is C10H14N3S+. The van der Waals surface area contributed by atoms with Crippen LogP contribution in [0.4, 0.5) is 0 Å². The maximum Gasteiger partial charge on any atom is 0.360 e. The van der Waals surface area contributed by atoms with Crippen molar-refractivity contribution in [2.75, 3.05) is 0 Å². The molecule has 2 aromatic heterocycles. The predicted molar refractivity (Wildman–Crippen MR) is 57.1 cm³/mol. The van der Waals surface area contributed by atoms with E-state index in [0.717, 1.165) is 17.0 Å². The first-order valence-electron chi connectivity index (χ1n) is 4.89. The fraction of sp³-hybridized carbons (Fsp3) is 0.500. The summed E-state index contributed by atoms with van der Waals surface area (Å²) in [7, 11) is 0. The summed E-state index contributed by atoms with van der Waals surface area (Å²) in [5.74, 6) is 0.687. The Morgan fingerprint density at radius 2 is 2.36 bits per heavy atom. The van der Waals surface area contributed by atoms with Gasteiger partial charge in [0.2, 0.25) is 4.83 Å². The highest BCUT2D eigenvalue weighted by Crippen LogP contribution is 2.10. The lowest BCUT2D eigenvalue weighted by atomic mass is 10.1. The minimum absolute atomic E-state index is 0.687. The molecule has 0 radical (unpaired) electrons. The van der Waals surface area contributed by atoms with Crippen molar-refractivity contribution in [2.45, 2.75) is 26.8 Å². The van der Waals surface area contributed by atoms with Crippen LogP contribution in [0.25, 0.3) is 10.5 Å². The van der Waals surface area contributed by atoms with Crippen LogP contribution in [-0.4, -0.2) is 9.97 Å². The summed E-state index contributed by atoms with van der Waals surface area (Å²) in [4.78, 5) is 9.62. The average molecular weight is 208 g/mol. The number of hydrogen-bond donors (Lipinski definition) is 0. The van der Waals surface area contributed by atoms with Crippen molar-refractivity contribution < 1.29 is 4.57 Å². The Kier molecular flexibility index (Phi) is 2.72. The second-order valence-corrected chi connectivity index (χ2v) is 4.41. The van der Waals surface area contributed by atoms with Gasteiger partial charge < -0.3 is 0 Å². The second kappa shape index (κ2) is 4.00. The van der Waals surface area contributed by atoms with E-state index in [4.69, 9.17) is 0 Å². The third-order valence-electron chi connectivity index (χ3n) is 2.45. The topological polar surface area (TPSA) is 29.7 Å². The Balaban J connectivity index is 2.36. The van der Waals surface area contributed by atoms with Crippen LogP contribution in [-0.2, 0) is 6.54 Å². The van der Waals surface area contributed by atoms with Crippen LogP contribution in [0.5, 0.6) is 0 Å². The quantitative estimate of drug-likeness (QED) is 0.722. The van der Waals surface area contributed by atoms with E-state index in [-0.39, 0.29) is 0 Å². The number of fused-ring (bicyclic) bond motifs is 1. The number of aromatic nitrogens is 3. The van der Waals surface area contributed by atoms with E-state index in [9.17, 15) is 0 Å². The molecule has 0 saturated heterocycles. The van der Waals surface area contributed by atoms with Gasteiger partial charge >= 0.3 is 5.65 Å². The molecule has 0 amide bonds. The SMILES string of the molecule is CCC(C)C[n+]1ccnc2scnc21. The molecule has 14 heavy (non-hydrogen) atoms. The minimum Gasteiger partial charge on any atom is -0.234 e. The van der Waals surface area contributed by atoms with Gasteiger partial charge in [0.1, 0.15) is 6.20 Å². The van der Waals surface area contributed by atoms with Crippen LogP contribution in [0.1, 0.15) is 20.3 Å². The Labute approximate surface area is 87.4 Å². The van der Waals surface area contributed by atoms with E-state index in [1.54, 1.807) is 11.3 Å². The van der Waals surface area contributed by atoms with E-state index in [2.05, 4.69) is 28.4 Å². The first-order valence-corrected chi connectivity index (χ1v) is 5.77. The summed E-state index contributed by atoms with van der Waals surface area (Å²) in [6, 6.07) is 0. The molecule has 0 aliphatic carbocycles. The van der Waals surface area contributed by atoms with Gasteiger partial charge in [-0.05, 0) is 17.3 Å². The molecule has 0 aliphatic heterocycles. The smallest absolute Gasteiger partial charge is 0.234 e. The maximum atomic E-state index is 4.32. The van der Waals surface area contributed by atoms with Gasteiger partial charge in [0, 0.05) is 0 Å². The number of nitrogens with zero attached hydrogens (tertiary/aromatic N) is 3. The Morgan fingerprint density at radius 3 is 3.14 bits per heavy atom. The van der Waals surface area contributed by atoms with Crippen molar-refractivity contribution >= 4 is 21.8 Å². The van der Waals surface area contributed by atoms with E-state index in [1.807, 2.05) is 17.9 Å². The van der Waals surface area contributed by atoms with Crippen molar-refractivity contribution in [3.63, 3.8) is 0 Å². The van der Waals surface area contributed by atoms with Crippen LogP contribution in [0.3, 0.4) is 0 Å². The molecule has 2 heterocycles. The monoisotopic (exact) mass is 208 g/mol. The molecule has 2 aromatic rings. The van der Waals surface area contributed by atoms with Gasteiger partial charge in [-0.25, -0.2) is 9.55 Å². The predicted octanol–water partition coefficient (Wildman–Crippen LogP) is 2.02. The molecule has 0 N–H and O–H groups in total. The third kappa shape index (κ3) is 1.75. The van der Waals surface area contributed by atoms with Crippen molar-refractivity contribution in [3.05, 3.63) is 17.9 Å². The van der Waals surface area contributed by atoms with Gasteiger partial charge in [-0.3, -0.25) is 0 Å². The van der Waals surface area contributed by atoms with Crippen molar-refractivity contribution in [1.82, 2.24) is 9.97 Å². The normalized spacial score (nSPS) is 13.3. The Hall–Kier alpha value is -1.03. The van der Waals surface area contributed by atoms with Crippen molar-refractivity contribution in [2.24, 2.45) is 5.92 Å². The molecule has 1 atom stereocenters. The molecule has 74 valence electrons. The Bertz CT molecular complexity index is 424. The van der Waals surface area contributed by atoms with Crippen molar-refractivity contribution in [1.29, 1.82) is 0 Å². The molecule has 2 rings (SSSR count). The van der Waals surface area contributed by atoms with E-state index in [1.165, 1.54) is 6.42 Å². The van der Waals surface area contributed by atoms with E-state index < -0.39 is 0 Å². The van der Waals surface area contributed by atoms with Gasteiger partial charge in [0.15, 0.2) is 5.51 Å². The zero-order valence-electron chi connectivity index (χ0n) is 8.47. The lowest BCUT2D eigenvalue weighted by molar-refractivity contribution is -0.679. The van der Waals surface area contributed by atoms with Crippen LogP contribution < -0.4 is 4.57 Å². The van der Waals surface area contributed by atoms with E-state index in [0.29, 0.717) is 5.92 Å². The molecule has 0 fully saturated rings. The zero-order chi connectivity index (χ0) is 9.97. The number of thiazole rings is 1. The van der Waals surface area contributed by atoms with Gasteiger partial charge in [0.05, 0.1) is 12.7 Å². The van der Waals surface area contributed by atoms with E-state index >= 15 is 0 Å². The van der Waals surface area contributed by atoms with Gasteiger partial charge in [-0.1, -0.05) is 25.2 Å². The minimum atomic E-state index is 0.687. The van der Waals surface area contributed by atoms with Crippen LogP contribution in [0.15, 0.2) is 17.9 Å². The average Bonchev–Trinajstić information content (AvgIpc) is 2.66. The molecule has 0 spiro atoms. The molecular weight excluding hydrogens is 194 g/mol. The van der Waals surface area contributed by atoms with Crippen LogP contribution in [0, 0.1) is 5.92 Å². The fourth-order valence-electron chi connectivity index (χ4n) is 1.38. The highest BCUT2D eigenvalue weighted by molar-refractivity contribution is 7.16. The first kappa shape index (κ1) is 9.52. The molecule has 4 heteroatoms. The van der Waals surface area contributed by atoms with Gasteiger partial charge in [0.25, 0.3) is 0 Å². The summed E-state index contributed by atoms with van der Waals surface area (Å²) in [6.07, 6.45) is 5.05. The van der Waals surface area contributed by atoms with Gasteiger partial charge in [-0.2, -0.15) is 0 Å². The number of hydrogen-bond acceptors (Lipinski definition) is 3. The fourth-order valence-corrected chi connectivity index (χ4v) is 2.03. The molecule has 3 nitrogen and oxygen atoms in total. The highest BCUT2D eigenvalue weighted by atomic mass is 32.1. The molecule has 0 saturated carbocycles. The molecule has 0 bridgehead atoms. The zero-order valence-corrected chi connectivity index (χ0v) is 9.29. The standard InChI is InChI=1S/C10H14N3S/c1-3-8(2)6-13-5-4-11-10-9(13)12-7-14-10/h4-5,7-8H,3,6H2,1-2H3/q+1. The summed E-state index contributed by atoms with van der Waals surface area (Å²) in [5, 5.41) is 0. The maximum absolute atomic E-state index is 4.32. The lowest BCUT2D eigenvalue weighted by Gasteiger charge is -2.05. The third-order valence-corrected chi connectivity index (χ3v) is 3.17. The molecule has 0 aromatic carbocycles. The summed E-state index contributed by atoms with van der Waals surface area (Å²) >= 11 is 1.59. The summed E-state index contributed by atoms with van der Waals surface area (Å²) in [6.45, 7) is 5.50.